The highest BCUT2D eigenvalue weighted by atomic mass is 16.7. The molecule has 0 spiro atoms. The molecule has 7 atom stereocenters. The van der Waals surface area contributed by atoms with E-state index in [1.165, 1.54) is 148 Å². The molecule has 1 saturated heterocycles. The molecule has 0 bridgehead atoms. The Morgan fingerprint density at radius 1 is 0.514 bits per heavy atom. The second kappa shape index (κ2) is 49.1. The van der Waals surface area contributed by atoms with Crippen LogP contribution in [0.15, 0.2) is 36.5 Å². The van der Waals surface area contributed by atoms with E-state index >= 15 is 0 Å². The number of carbonyl (C=O) groups excluding carboxylic acids is 2. The Balaban J connectivity index is 2.05. The zero-order valence-electron chi connectivity index (χ0n) is 45.0. The van der Waals surface area contributed by atoms with Gasteiger partial charge in [0.25, 0.3) is 0 Å². The van der Waals surface area contributed by atoms with Gasteiger partial charge in [0.05, 0.1) is 32.0 Å². The molecule has 0 aromatic carbocycles. The van der Waals surface area contributed by atoms with Gasteiger partial charge in [0.15, 0.2) is 6.29 Å². The molecule has 1 aliphatic heterocycles. The molecule has 0 aromatic heterocycles. The first kappa shape index (κ1) is 65.9. The monoisotopic (exact) mass is 992 g/mol. The van der Waals surface area contributed by atoms with Crippen LogP contribution >= 0.6 is 0 Å². The van der Waals surface area contributed by atoms with Crippen molar-refractivity contribution in [3.8, 4) is 0 Å². The van der Waals surface area contributed by atoms with Crippen molar-refractivity contribution in [2.24, 2.45) is 0 Å². The molecule has 0 saturated carbocycles. The summed E-state index contributed by atoms with van der Waals surface area (Å²) in [4.78, 5) is 25.1. The summed E-state index contributed by atoms with van der Waals surface area (Å²) in [6.07, 6.45) is 49.6. The summed E-state index contributed by atoms with van der Waals surface area (Å²) in [5, 5.41) is 54.1. The second-order valence-corrected chi connectivity index (χ2v) is 20.3. The highest BCUT2D eigenvalue weighted by Gasteiger charge is 2.44. The van der Waals surface area contributed by atoms with E-state index < -0.39 is 49.5 Å². The van der Waals surface area contributed by atoms with Crippen molar-refractivity contribution in [1.82, 2.24) is 5.32 Å². The Bertz CT molecular complexity index is 1260. The lowest BCUT2D eigenvalue weighted by Crippen LogP contribution is -2.60. The molecule has 1 heterocycles. The predicted octanol–water partition coefficient (Wildman–Crippen LogP) is 13.1. The molecule has 70 heavy (non-hydrogen) atoms. The number of esters is 1. The minimum absolute atomic E-state index is 0.0246. The van der Waals surface area contributed by atoms with Gasteiger partial charge in [-0.05, 0) is 83.5 Å². The lowest BCUT2D eigenvalue weighted by molar-refractivity contribution is -0.302. The number of rotatable bonds is 50. The average molecular weight is 993 g/mol. The fraction of sp³-hybridized carbons (Fsp3) is 0.864. The van der Waals surface area contributed by atoms with Gasteiger partial charge in [0, 0.05) is 12.8 Å². The predicted molar refractivity (Wildman–Crippen MR) is 287 cm³/mol. The Morgan fingerprint density at radius 3 is 1.37 bits per heavy atom. The first-order chi connectivity index (χ1) is 34.2. The van der Waals surface area contributed by atoms with Gasteiger partial charge in [0.2, 0.25) is 5.91 Å². The van der Waals surface area contributed by atoms with Crippen LogP contribution in [0.4, 0.5) is 0 Å². The second-order valence-electron chi connectivity index (χ2n) is 20.3. The van der Waals surface area contributed by atoms with Gasteiger partial charge >= 0.3 is 5.97 Å². The van der Waals surface area contributed by atoms with Crippen molar-refractivity contribution < 1.29 is 49.3 Å². The molecule has 1 fully saturated rings. The van der Waals surface area contributed by atoms with Crippen molar-refractivity contribution in [3.05, 3.63) is 36.5 Å². The van der Waals surface area contributed by atoms with Gasteiger partial charge in [-0.15, -0.1) is 0 Å². The molecule has 0 radical (unpaired) electrons. The number of hydrogen-bond donors (Lipinski definition) is 6. The number of nitrogens with one attached hydrogen (secondary N) is 1. The van der Waals surface area contributed by atoms with Gasteiger partial charge in [0.1, 0.15) is 24.4 Å². The number of aliphatic hydroxyl groups excluding tert-OH is 5. The maximum absolute atomic E-state index is 13.0. The molecule has 11 nitrogen and oxygen atoms in total. The van der Waals surface area contributed by atoms with Gasteiger partial charge in [-0.1, -0.05) is 204 Å². The van der Waals surface area contributed by atoms with Gasteiger partial charge < -0.3 is 45.1 Å². The smallest absolute Gasteiger partial charge is 0.305 e. The molecule has 1 aliphatic rings. The summed E-state index contributed by atoms with van der Waals surface area (Å²) < 4.78 is 16.7. The fourth-order valence-electron chi connectivity index (χ4n) is 9.01. The van der Waals surface area contributed by atoms with E-state index in [-0.39, 0.29) is 18.5 Å². The van der Waals surface area contributed by atoms with Crippen LogP contribution in [0.5, 0.6) is 0 Å². The number of allylic oxidation sites excluding steroid dienone is 5. The van der Waals surface area contributed by atoms with Crippen LogP contribution in [0.1, 0.15) is 264 Å². The summed E-state index contributed by atoms with van der Waals surface area (Å²) in [5.41, 5.74) is 0. The van der Waals surface area contributed by atoms with E-state index in [4.69, 9.17) is 14.2 Å². The van der Waals surface area contributed by atoms with E-state index in [9.17, 15) is 35.1 Å². The van der Waals surface area contributed by atoms with Gasteiger partial charge in [-0.3, -0.25) is 9.59 Å². The first-order valence-electron chi connectivity index (χ1n) is 29.3. The summed E-state index contributed by atoms with van der Waals surface area (Å²) >= 11 is 0. The number of unbranched alkanes of at least 4 members (excludes halogenated alkanes) is 32. The molecular formula is C59H109NO10. The van der Waals surface area contributed by atoms with E-state index in [1.807, 2.05) is 6.08 Å². The Morgan fingerprint density at radius 2 is 0.914 bits per heavy atom. The zero-order valence-corrected chi connectivity index (χ0v) is 45.0. The van der Waals surface area contributed by atoms with Gasteiger partial charge in [-0.2, -0.15) is 0 Å². The van der Waals surface area contributed by atoms with E-state index in [2.05, 4.69) is 43.5 Å². The number of amides is 1. The number of aliphatic hydroxyl groups is 5. The highest BCUT2D eigenvalue weighted by molar-refractivity contribution is 5.76. The molecule has 1 rings (SSSR count). The maximum Gasteiger partial charge on any atom is 0.305 e. The van der Waals surface area contributed by atoms with Crippen molar-refractivity contribution in [2.75, 3.05) is 19.8 Å². The molecule has 7 unspecified atom stereocenters. The van der Waals surface area contributed by atoms with Crippen molar-refractivity contribution in [1.29, 1.82) is 0 Å². The molecule has 6 N–H and O–H groups in total. The molecular weight excluding hydrogens is 883 g/mol. The largest absolute Gasteiger partial charge is 0.466 e. The zero-order chi connectivity index (χ0) is 51.0. The third-order valence-electron chi connectivity index (χ3n) is 13.7. The third kappa shape index (κ3) is 38.5. The minimum Gasteiger partial charge on any atom is -0.466 e. The summed E-state index contributed by atoms with van der Waals surface area (Å²) in [6.45, 7) is 4.27. The normalized spacial score (nSPS) is 19.4. The number of hydrogen-bond acceptors (Lipinski definition) is 10. The van der Waals surface area contributed by atoms with Crippen molar-refractivity contribution in [2.45, 2.75) is 307 Å². The Labute approximate surface area is 428 Å². The summed E-state index contributed by atoms with van der Waals surface area (Å²) in [5.74, 6) is -0.226. The molecule has 0 aliphatic carbocycles. The summed E-state index contributed by atoms with van der Waals surface area (Å²) in [7, 11) is 0. The topological polar surface area (TPSA) is 175 Å². The molecule has 0 aromatic rings. The Kier molecular flexibility index (Phi) is 46.2. The first-order valence-corrected chi connectivity index (χ1v) is 29.3. The summed E-state index contributed by atoms with van der Waals surface area (Å²) in [6, 6.07) is -0.821. The standard InChI is InChI=1S/C59H109NO10/c1-3-5-7-9-11-13-14-15-16-17-21-24-27-31-35-39-43-47-55(64)68-48-44-40-36-32-28-25-22-19-18-20-23-26-30-34-38-42-46-54(63)60-51(52(62)45-41-37-33-29-12-10-8-6-4-2)50-69-59-58(67)57(66)56(65)53(49-61)70-59/h15-16,18,20,41,45,51-53,56-59,61-62,65-67H,3-14,17,19,21-40,42-44,46-50H2,1-2H3,(H,60,63)/b16-15-,20-18-,45-41+. The highest BCUT2D eigenvalue weighted by Crippen LogP contribution is 2.23. The van der Waals surface area contributed by atoms with Crippen LogP contribution in [0.25, 0.3) is 0 Å². The quantitative estimate of drug-likeness (QED) is 0.0195. The lowest BCUT2D eigenvalue weighted by atomic mass is 9.99. The molecule has 410 valence electrons. The maximum atomic E-state index is 13.0. The van der Waals surface area contributed by atoms with Crippen molar-refractivity contribution >= 4 is 11.9 Å². The van der Waals surface area contributed by atoms with Crippen molar-refractivity contribution in [3.63, 3.8) is 0 Å². The van der Waals surface area contributed by atoms with Gasteiger partial charge in [-0.25, -0.2) is 0 Å². The number of carbonyl (C=O) groups is 2. The van der Waals surface area contributed by atoms with E-state index in [0.717, 1.165) is 89.9 Å². The van der Waals surface area contributed by atoms with Crippen LogP contribution < -0.4 is 5.32 Å². The SMILES string of the molecule is CCCCCCCC/C=C\CCCCCCCCCC(=O)OCCCCCCCCC/C=C\CCCCCCCC(=O)NC(COC1OC(CO)C(O)C(O)C1O)C(O)/C=C/CCCCCCCCC. The van der Waals surface area contributed by atoms with Crippen LogP contribution in [-0.2, 0) is 23.8 Å². The third-order valence-corrected chi connectivity index (χ3v) is 13.7. The molecule has 11 heteroatoms. The minimum atomic E-state index is -1.58. The van der Waals surface area contributed by atoms with Crippen LogP contribution in [0.2, 0.25) is 0 Å². The van der Waals surface area contributed by atoms with Crippen LogP contribution in [0, 0.1) is 0 Å². The molecule has 1 amide bonds. The van der Waals surface area contributed by atoms with Crippen LogP contribution in [-0.4, -0.2) is 100 Å². The van der Waals surface area contributed by atoms with E-state index in [0.29, 0.717) is 19.4 Å². The Hall–Kier alpha value is -2.12. The van der Waals surface area contributed by atoms with E-state index in [1.54, 1.807) is 6.08 Å². The number of ether oxygens (including phenoxy) is 3. The fourth-order valence-corrected chi connectivity index (χ4v) is 9.01. The van der Waals surface area contributed by atoms with Crippen LogP contribution in [0.3, 0.4) is 0 Å². The average Bonchev–Trinajstić information content (AvgIpc) is 3.36. The lowest BCUT2D eigenvalue weighted by Gasteiger charge is -2.40.